The first-order chi connectivity index (χ1) is 8.68. The van der Waals surface area contributed by atoms with E-state index in [4.69, 9.17) is 10.8 Å². The van der Waals surface area contributed by atoms with Crippen molar-refractivity contribution >= 4 is 22.8 Å². The number of nitrogen functional groups attached to an aromatic ring is 1. The summed E-state index contributed by atoms with van der Waals surface area (Å²) < 4.78 is 0. The number of carboxylic acid groups (broad SMARTS) is 1. The number of H-pyrrole nitrogens is 1. The highest BCUT2D eigenvalue weighted by Gasteiger charge is 2.20. The van der Waals surface area contributed by atoms with E-state index in [1.165, 1.54) is 6.33 Å². The van der Waals surface area contributed by atoms with E-state index < -0.39 is 5.97 Å². The summed E-state index contributed by atoms with van der Waals surface area (Å²) in [6.07, 6.45) is 5.01. The van der Waals surface area contributed by atoms with E-state index in [-0.39, 0.29) is 6.04 Å². The SMILES string of the molecule is Nc1ncnc2[nH]ccc12.O=C(O)C1CCCN1. The molecule has 0 bridgehead atoms. The third-order valence-corrected chi connectivity index (χ3v) is 2.74. The predicted molar refractivity (Wildman–Crippen MR) is 67.0 cm³/mol. The minimum Gasteiger partial charge on any atom is -0.480 e. The first kappa shape index (κ1) is 12.3. The zero-order valence-electron chi connectivity index (χ0n) is 9.76. The molecule has 0 amide bonds. The number of aromatic amines is 1. The van der Waals surface area contributed by atoms with E-state index in [2.05, 4.69) is 20.3 Å². The van der Waals surface area contributed by atoms with Crippen LogP contribution >= 0.6 is 0 Å². The second-order valence-electron chi connectivity index (χ2n) is 3.99. The maximum absolute atomic E-state index is 10.1. The monoisotopic (exact) mass is 249 g/mol. The van der Waals surface area contributed by atoms with Gasteiger partial charge in [-0.3, -0.25) is 4.79 Å². The van der Waals surface area contributed by atoms with Crippen molar-refractivity contribution in [2.24, 2.45) is 0 Å². The highest BCUT2D eigenvalue weighted by molar-refractivity contribution is 5.85. The van der Waals surface area contributed by atoms with E-state index >= 15 is 0 Å². The van der Waals surface area contributed by atoms with E-state index in [9.17, 15) is 4.79 Å². The van der Waals surface area contributed by atoms with Gasteiger partial charge in [0.15, 0.2) is 0 Å². The van der Waals surface area contributed by atoms with Crippen LogP contribution in [0.15, 0.2) is 18.6 Å². The quantitative estimate of drug-likeness (QED) is 0.580. The highest BCUT2D eigenvalue weighted by Crippen LogP contribution is 2.12. The number of nitrogens with two attached hydrogens (primary N) is 1. The Bertz CT molecular complexity index is 533. The molecule has 0 aromatic carbocycles. The molecule has 1 atom stereocenters. The summed E-state index contributed by atoms with van der Waals surface area (Å²) in [6, 6.07) is 1.58. The smallest absolute Gasteiger partial charge is 0.320 e. The second-order valence-corrected chi connectivity index (χ2v) is 3.99. The number of carboxylic acids is 1. The first-order valence-corrected chi connectivity index (χ1v) is 5.68. The van der Waals surface area contributed by atoms with Crippen molar-refractivity contribution < 1.29 is 9.90 Å². The number of nitrogens with one attached hydrogen (secondary N) is 2. The van der Waals surface area contributed by atoms with Crippen LogP contribution in [0, 0.1) is 0 Å². The molecule has 18 heavy (non-hydrogen) atoms. The lowest BCUT2D eigenvalue weighted by molar-refractivity contribution is -0.139. The fourth-order valence-corrected chi connectivity index (χ4v) is 1.79. The molecular weight excluding hydrogens is 234 g/mol. The number of aromatic nitrogens is 3. The van der Waals surface area contributed by atoms with Crippen molar-refractivity contribution in [2.75, 3.05) is 12.3 Å². The lowest BCUT2D eigenvalue weighted by Gasteiger charge is -1.99. The molecule has 5 N–H and O–H groups in total. The van der Waals surface area contributed by atoms with Crippen LogP contribution in [0.1, 0.15) is 12.8 Å². The van der Waals surface area contributed by atoms with E-state index in [1.807, 2.05) is 6.07 Å². The Hall–Kier alpha value is -2.15. The summed E-state index contributed by atoms with van der Waals surface area (Å²) in [4.78, 5) is 20.8. The lowest BCUT2D eigenvalue weighted by atomic mass is 10.2. The minimum absolute atomic E-state index is 0.269. The van der Waals surface area contributed by atoms with Crippen LogP contribution in [-0.4, -0.2) is 38.6 Å². The van der Waals surface area contributed by atoms with Crippen LogP contribution < -0.4 is 11.1 Å². The summed E-state index contributed by atoms with van der Waals surface area (Å²) in [5.74, 6) is -0.200. The van der Waals surface area contributed by atoms with Crippen molar-refractivity contribution in [2.45, 2.75) is 18.9 Å². The van der Waals surface area contributed by atoms with Crippen molar-refractivity contribution in [1.29, 1.82) is 0 Å². The molecule has 0 radical (unpaired) electrons. The van der Waals surface area contributed by atoms with Crippen LogP contribution in [0.4, 0.5) is 5.82 Å². The molecule has 1 fully saturated rings. The van der Waals surface area contributed by atoms with Crippen molar-refractivity contribution in [3.05, 3.63) is 18.6 Å². The molecule has 2 aromatic rings. The predicted octanol–water partition coefficient (Wildman–Crippen LogP) is 0.363. The Kier molecular flexibility index (Phi) is 3.73. The Balaban J connectivity index is 0.000000138. The third kappa shape index (κ3) is 2.75. The van der Waals surface area contributed by atoms with Gasteiger partial charge < -0.3 is 21.1 Å². The highest BCUT2D eigenvalue weighted by atomic mass is 16.4. The van der Waals surface area contributed by atoms with Crippen LogP contribution in [0.3, 0.4) is 0 Å². The van der Waals surface area contributed by atoms with Gasteiger partial charge in [-0.05, 0) is 25.5 Å². The minimum atomic E-state index is -0.720. The Morgan fingerprint density at radius 1 is 1.50 bits per heavy atom. The van der Waals surface area contributed by atoms with Gasteiger partial charge in [0.2, 0.25) is 0 Å². The standard InChI is InChI=1S/C6H6N4.C5H9NO2/c7-5-4-1-2-8-6(4)10-3-9-5;7-5(8)4-2-1-3-6-4/h1-3H,(H3,7,8,9,10);4,6H,1-3H2,(H,7,8). The fourth-order valence-electron chi connectivity index (χ4n) is 1.79. The van der Waals surface area contributed by atoms with Gasteiger partial charge in [0.05, 0.1) is 5.39 Å². The zero-order chi connectivity index (χ0) is 13.0. The molecule has 1 aliphatic heterocycles. The molecule has 7 nitrogen and oxygen atoms in total. The Labute approximate surface area is 103 Å². The molecule has 1 saturated heterocycles. The van der Waals surface area contributed by atoms with Crippen LogP contribution in [0.2, 0.25) is 0 Å². The third-order valence-electron chi connectivity index (χ3n) is 2.74. The molecule has 0 spiro atoms. The molecular formula is C11H15N5O2. The average molecular weight is 249 g/mol. The van der Waals surface area contributed by atoms with Crippen molar-refractivity contribution in [3.63, 3.8) is 0 Å². The van der Waals surface area contributed by atoms with Gasteiger partial charge in [-0.25, -0.2) is 9.97 Å². The molecule has 0 aliphatic carbocycles. The Morgan fingerprint density at radius 3 is 2.89 bits per heavy atom. The number of anilines is 1. The van der Waals surface area contributed by atoms with Crippen LogP contribution in [0.5, 0.6) is 0 Å². The van der Waals surface area contributed by atoms with Gasteiger partial charge in [0, 0.05) is 6.20 Å². The number of hydrogen-bond donors (Lipinski definition) is 4. The molecule has 3 rings (SSSR count). The number of aliphatic carboxylic acids is 1. The number of carbonyl (C=O) groups is 1. The fraction of sp³-hybridized carbons (Fsp3) is 0.364. The molecule has 3 heterocycles. The van der Waals surface area contributed by atoms with E-state index in [0.29, 0.717) is 5.82 Å². The first-order valence-electron chi connectivity index (χ1n) is 5.68. The summed E-state index contributed by atoms with van der Waals surface area (Å²) >= 11 is 0. The number of nitrogens with zero attached hydrogens (tertiary/aromatic N) is 2. The van der Waals surface area contributed by atoms with Gasteiger partial charge in [0.1, 0.15) is 23.8 Å². The molecule has 2 aromatic heterocycles. The normalized spacial score (nSPS) is 18.3. The molecule has 0 saturated carbocycles. The molecule has 96 valence electrons. The van der Waals surface area contributed by atoms with Gasteiger partial charge in [-0.1, -0.05) is 0 Å². The maximum atomic E-state index is 10.1. The average Bonchev–Trinajstić information content (AvgIpc) is 3.02. The summed E-state index contributed by atoms with van der Waals surface area (Å²) in [5, 5.41) is 12.1. The molecule has 7 heteroatoms. The number of fused-ring (bicyclic) bond motifs is 1. The van der Waals surface area contributed by atoms with Gasteiger partial charge in [-0.2, -0.15) is 0 Å². The second kappa shape index (κ2) is 5.46. The maximum Gasteiger partial charge on any atom is 0.320 e. The van der Waals surface area contributed by atoms with Crippen molar-refractivity contribution in [3.8, 4) is 0 Å². The van der Waals surface area contributed by atoms with Gasteiger partial charge >= 0.3 is 5.97 Å². The van der Waals surface area contributed by atoms with Gasteiger partial charge in [-0.15, -0.1) is 0 Å². The molecule has 1 aliphatic rings. The van der Waals surface area contributed by atoms with Crippen LogP contribution in [0.25, 0.3) is 11.0 Å². The lowest BCUT2D eigenvalue weighted by Crippen LogP contribution is -2.29. The number of hydrogen-bond acceptors (Lipinski definition) is 5. The largest absolute Gasteiger partial charge is 0.480 e. The summed E-state index contributed by atoms with van der Waals surface area (Å²) in [5.41, 5.74) is 6.31. The summed E-state index contributed by atoms with van der Waals surface area (Å²) in [7, 11) is 0. The zero-order valence-corrected chi connectivity index (χ0v) is 9.76. The summed E-state index contributed by atoms with van der Waals surface area (Å²) in [6.45, 7) is 0.858. The Morgan fingerprint density at radius 2 is 2.33 bits per heavy atom. The van der Waals surface area contributed by atoms with Crippen molar-refractivity contribution in [1.82, 2.24) is 20.3 Å². The van der Waals surface area contributed by atoms with Gasteiger partial charge in [0.25, 0.3) is 0 Å². The van der Waals surface area contributed by atoms with Crippen LogP contribution in [-0.2, 0) is 4.79 Å². The van der Waals surface area contributed by atoms with E-state index in [0.717, 1.165) is 30.4 Å². The topological polar surface area (TPSA) is 117 Å². The molecule has 1 unspecified atom stereocenters. The number of rotatable bonds is 1. The van der Waals surface area contributed by atoms with E-state index in [1.54, 1.807) is 6.20 Å².